The SMILES string of the molecule is CCCC(C)OP([O-])(=S)SC(C)CCC.[Zn]. The van der Waals surface area contributed by atoms with Gasteiger partial charge in [0.05, 0.1) is 6.10 Å². The summed E-state index contributed by atoms with van der Waals surface area (Å²) in [6.45, 7) is 8.20. The average molecular weight is 335 g/mol. The van der Waals surface area contributed by atoms with Gasteiger partial charge in [-0.15, -0.1) is 11.4 Å². The molecule has 0 aliphatic carbocycles. The molecule has 6 heteroatoms. The molecule has 94 valence electrons. The van der Waals surface area contributed by atoms with Crippen LogP contribution in [0.25, 0.3) is 0 Å². The zero-order valence-corrected chi connectivity index (χ0v) is 16.3. The van der Waals surface area contributed by atoms with Gasteiger partial charge in [0.1, 0.15) is 0 Å². The molecule has 0 amide bonds. The molecule has 0 fully saturated rings. The van der Waals surface area contributed by atoms with Gasteiger partial charge >= 0.3 is 0 Å². The van der Waals surface area contributed by atoms with Crippen molar-refractivity contribution in [1.82, 2.24) is 0 Å². The standard InChI is InChI=1S/C10H23O2PS2.Zn/c1-5-7-9(3)12-13(11,14)15-10(4)8-6-2;/h9-10H,5-8H2,1-4H3,(H,11,14);/p-1. The van der Waals surface area contributed by atoms with Crippen LogP contribution in [0.5, 0.6) is 0 Å². The Morgan fingerprint density at radius 2 is 1.75 bits per heavy atom. The normalized spacial score (nSPS) is 18.3. The molecule has 0 heterocycles. The number of hydrogen-bond donors (Lipinski definition) is 0. The third-order valence-corrected chi connectivity index (χ3v) is 6.63. The smallest absolute Gasteiger partial charge is 0.0594 e. The van der Waals surface area contributed by atoms with Crippen LogP contribution in [0.3, 0.4) is 0 Å². The summed E-state index contributed by atoms with van der Waals surface area (Å²) >= 11 is 6.35. The van der Waals surface area contributed by atoms with E-state index in [2.05, 4.69) is 20.8 Å². The molecule has 0 N–H and O–H groups in total. The molecule has 0 aromatic heterocycles. The van der Waals surface area contributed by atoms with Crippen LogP contribution in [0.2, 0.25) is 0 Å². The summed E-state index contributed by atoms with van der Waals surface area (Å²) in [7, 11) is 0. The Labute approximate surface area is 122 Å². The van der Waals surface area contributed by atoms with E-state index in [4.69, 9.17) is 16.3 Å². The first-order valence-corrected chi connectivity index (χ1v) is 9.71. The molecule has 0 aliphatic heterocycles. The topological polar surface area (TPSA) is 32.3 Å². The van der Waals surface area contributed by atoms with Crippen molar-refractivity contribution in [2.45, 2.75) is 64.7 Å². The van der Waals surface area contributed by atoms with E-state index in [-0.39, 0.29) is 25.6 Å². The molecule has 0 radical (unpaired) electrons. The molecule has 16 heavy (non-hydrogen) atoms. The molecule has 0 aromatic carbocycles. The van der Waals surface area contributed by atoms with Crippen LogP contribution < -0.4 is 4.89 Å². The van der Waals surface area contributed by atoms with E-state index in [1.165, 1.54) is 11.4 Å². The summed E-state index contributed by atoms with van der Waals surface area (Å²) in [4.78, 5) is 11.9. The third-order valence-electron chi connectivity index (χ3n) is 2.01. The quantitative estimate of drug-likeness (QED) is 0.500. The van der Waals surface area contributed by atoms with Crippen LogP contribution >= 0.6 is 17.1 Å². The fraction of sp³-hybridized carbons (Fsp3) is 1.00. The molecule has 0 rings (SSSR count). The molecule has 3 atom stereocenters. The Morgan fingerprint density at radius 3 is 2.19 bits per heavy atom. The van der Waals surface area contributed by atoms with Gasteiger partial charge in [-0.25, -0.2) is 0 Å². The Kier molecular flexibility index (Phi) is 13.0. The first-order chi connectivity index (χ1) is 6.91. The summed E-state index contributed by atoms with van der Waals surface area (Å²) < 4.78 is 5.43. The largest absolute Gasteiger partial charge is 0.793 e. The molecule has 0 spiro atoms. The van der Waals surface area contributed by atoms with E-state index in [0.29, 0.717) is 5.25 Å². The summed E-state index contributed by atoms with van der Waals surface area (Å²) in [6.07, 6.45) is 4.10. The fourth-order valence-corrected chi connectivity index (χ4v) is 6.75. The molecule has 0 saturated carbocycles. The first-order valence-electron chi connectivity index (χ1n) is 5.59. The van der Waals surface area contributed by atoms with Crippen LogP contribution in [0.4, 0.5) is 0 Å². The maximum atomic E-state index is 11.9. The van der Waals surface area contributed by atoms with Crippen molar-refractivity contribution < 1.29 is 28.9 Å². The molecular weight excluding hydrogens is 313 g/mol. The van der Waals surface area contributed by atoms with Gasteiger partial charge < -0.3 is 9.42 Å². The van der Waals surface area contributed by atoms with E-state index in [0.717, 1.165) is 25.7 Å². The second kappa shape index (κ2) is 10.5. The molecule has 0 bridgehead atoms. The van der Waals surface area contributed by atoms with E-state index in [9.17, 15) is 4.89 Å². The van der Waals surface area contributed by atoms with Crippen LogP contribution in [0.15, 0.2) is 0 Å². The predicted molar refractivity (Wildman–Crippen MR) is 71.7 cm³/mol. The van der Waals surface area contributed by atoms with Gasteiger partial charge in [0.2, 0.25) is 0 Å². The Balaban J connectivity index is 0. The maximum Gasteiger partial charge on any atom is 0.0594 e. The van der Waals surface area contributed by atoms with Gasteiger partial charge in [-0.3, -0.25) is 0 Å². The minimum Gasteiger partial charge on any atom is -0.793 e. The van der Waals surface area contributed by atoms with Gasteiger partial charge in [-0.2, -0.15) is 0 Å². The van der Waals surface area contributed by atoms with Crippen molar-refractivity contribution in [3.05, 3.63) is 0 Å². The summed E-state index contributed by atoms with van der Waals surface area (Å²) in [6, 6.07) is 0. The van der Waals surface area contributed by atoms with Crippen molar-refractivity contribution in [2.75, 3.05) is 0 Å². The van der Waals surface area contributed by atoms with Crippen molar-refractivity contribution in [2.24, 2.45) is 0 Å². The van der Waals surface area contributed by atoms with Crippen molar-refractivity contribution >= 4 is 28.9 Å². The maximum absolute atomic E-state index is 11.9. The van der Waals surface area contributed by atoms with E-state index in [1.54, 1.807) is 0 Å². The van der Waals surface area contributed by atoms with Crippen molar-refractivity contribution in [3.63, 3.8) is 0 Å². The average Bonchev–Trinajstić information content (AvgIpc) is 2.01. The van der Waals surface area contributed by atoms with Crippen molar-refractivity contribution in [3.8, 4) is 0 Å². The van der Waals surface area contributed by atoms with Crippen LogP contribution in [0, 0.1) is 0 Å². The van der Waals surface area contributed by atoms with Gasteiger partial charge in [0.25, 0.3) is 0 Å². The minimum atomic E-state index is -2.86. The zero-order valence-electron chi connectivity index (χ0n) is 10.8. The third kappa shape index (κ3) is 10.7. The summed E-state index contributed by atoms with van der Waals surface area (Å²) in [5.74, 6) is 0. The van der Waals surface area contributed by atoms with Crippen LogP contribution in [-0.4, -0.2) is 11.4 Å². The predicted octanol–water partition coefficient (Wildman–Crippen LogP) is 3.70. The Morgan fingerprint density at radius 1 is 1.25 bits per heavy atom. The van der Waals surface area contributed by atoms with Crippen molar-refractivity contribution in [1.29, 1.82) is 0 Å². The molecule has 0 aliphatic rings. The minimum absolute atomic E-state index is 0. The van der Waals surface area contributed by atoms with E-state index >= 15 is 0 Å². The molecular formula is C10H22O2PS2Zn-. The second-order valence-electron chi connectivity index (χ2n) is 3.86. The van der Waals surface area contributed by atoms with Crippen LogP contribution in [-0.2, 0) is 35.8 Å². The first kappa shape index (κ1) is 19.9. The molecule has 0 saturated heterocycles. The Bertz CT molecular complexity index is 199. The second-order valence-corrected chi connectivity index (χ2v) is 10.2. The number of rotatable bonds is 8. The van der Waals surface area contributed by atoms with Gasteiger partial charge in [0.15, 0.2) is 0 Å². The van der Waals surface area contributed by atoms with Crippen LogP contribution in [0.1, 0.15) is 53.4 Å². The number of hydrogen-bond acceptors (Lipinski definition) is 4. The van der Waals surface area contributed by atoms with E-state index in [1.807, 2.05) is 6.92 Å². The summed E-state index contributed by atoms with van der Waals surface area (Å²) in [5, 5.41) is 0.326. The monoisotopic (exact) mass is 333 g/mol. The zero-order chi connectivity index (χ0) is 11.9. The molecule has 3 unspecified atom stereocenters. The van der Waals surface area contributed by atoms with Gasteiger partial charge in [-0.05, 0) is 19.8 Å². The molecule has 0 aromatic rings. The van der Waals surface area contributed by atoms with Gasteiger partial charge in [-0.1, -0.05) is 45.4 Å². The Hall–Kier alpha value is 1.54. The molecule has 2 nitrogen and oxygen atoms in total. The van der Waals surface area contributed by atoms with Gasteiger partial charge in [0, 0.05) is 30.4 Å². The summed E-state index contributed by atoms with van der Waals surface area (Å²) in [5.41, 5.74) is -2.86. The van der Waals surface area contributed by atoms with E-state index < -0.39 is 5.69 Å². The fourth-order valence-electron chi connectivity index (χ4n) is 1.38.